The van der Waals surface area contributed by atoms with Crippen molar-refractivity contribution in [2.75, 3.05) is 0 Å². The van der Waals surface area contributed by atoms with Gasteiger partial charge in [0.1, 0.15) is 0 Å². The van der Waals surface area contributed by atoms with Crippen LogP contribution in [0.2, 0.25) is 0 Å². The average Bonchev–Trinajstić information content (AvgIpc) is 3.14. The molecule has 0 saturated heterocycles. The zero-order valence-electron chi connectivity index (χ0n) is 32.4. The van der Waals surface area contributed by atoms with Gasteiger partial charge in [0.2, 0.25) is 0 Å². The highest BCUT2D eigenvalue weighted by Gasteiger charge is 2.39. The van der Waals surface area contributed by atoms with Gasteiger partial charge in [-0.25, -0.2) is 0 Å². The summed E-state index contributed by atoms with van der Waals surface area (Å²) in [4.78, 5) is 24.6. The third-order valence-electron chi connectivity index (χ3n) is 7.85. The van der Waals surface area contributed by atoms with Crippen molar-refractivity contribution in [2.24, 2.45) is 0 Å². The summed E-state index contributed by atoms with van der Waals surface area (Å²) in [6, 6.07) is 55.4. The molecule has 6 nitrogen and oxygen atoms in total. The maximum atomic E-state index is 12.3. The number of rotatable bonds is 8. The van der Waals surface area contributed by atoms with Crippen LogP contribution in [0.4, 0.5) is 0 Å². The van der Waals surface area contributed by atoms with Gasteiger partial charge in [0.05, 0.1) is 33.8 Å². The molecule has 6 heteroatoms. The molecule has 0 amide bonds. The number of aliphatic carboxylic acids is 2. The molecule has 0 heterocycles. The van der Waals surface area contributed by atoms with E-state index in [0.29, 0.717) is 33.4 Å². The summed E-state index contributed by atoms with van der Waals surface area (Å²) in [6.07, 6.45) is 0. The van der Waals surface area contributed by atoms with Crippen LogP contribution >= 0.6 is 0 Å². The lowest BCUT2D eigenvalue weighted by Gasteiger charge is -2.36. The molecule has 0 unspecified atom stereocenters. The van der Waals surface area contributed by atoms with E-state index in [1.165, 1.54) is 0 Å². The summed E-state index contributed by atoms with van der Waals surface area (Å²) in [5.41, 5.74) is 9.53. The first-order chi connectivity index (χ1) is 25.5. The Labute approximate surface area is 321 Å². The fourth-order valence-corrected chi connectivity index (χ4v) is 5.84. The quantitative estimate of drug-likeness (QED) is 0.198. The molecule has 6 rings (SSSR count). The molecule has 6 N–H and O–H groups in total. The molecule has 0 atom stereocenters. The Morgan fingerprint density at radius 3 is 0.537 bits per heavy atom. The standard InChI is InChI=1S/2C20H16O2.2C4H11N/c2*21-19(22)20(16-10-4-1-5-11-16,17-12-6-2-7-13-17)18-14-8-3-9-15-18;2*1-4(2,3)5/h2*1-15H,(H,21,22);2*5H2,1-3H3. The predicted octanol–water partition coefficient (Wildman–Crippen LogP) is 5.60. The first kappa shape index (κ1) is 42.6. The lowest BCUT2D eigenvalue weighted by Crippen LogP contribution is -2.67. The number of benzene rings is 6. The minimum atomic E-state index is -1.32. The van der Waals surface area contributed by atoms with Gasteiger partial charge in [-0.1, -0.05) is 182 Å². The molecule has 0 saturated carbocycles. The molecule has 280 valence electrons. The van der Waals surface area contributed by atoms with Crippen LogP contribution in [0.5, 0.6) is 0 Å². The van der Waals surface area contributed by atoms with Crippen molar-refractivity contribution in [3.8, 4) is 0 Å². The van der Waals surface area contributed by atoms with Crippen molar-refractivity contribution < 1.29 is 31.3 Å². The second-order valence-electron chi connectivity index (χ2n) is 15.4. The fraction of sp³-hybridized carbons (Fsp3) is 0.208. The molecule has 0 radical (unpaired) electrons. The summed E-state index contributed by atoms with van der Waals surface area (Å²) in [7, 11) is 0. The SMILES string of the molecule is CC(C)(C)[NH3+].CC(C)(C)[NH3+].O=C([O-])C(c1ccccc1)(c1ccccc1)c1ccccc1.O=C([O-])C(c1ccccc1)(c1ccccc1)c1ccccc1. The summed E-state index contributed by atoms with van der Waals surface area (Å²) in [5.74, 6) is -2.26. The van der Waals surface area contributed by atoms with Crippen LogP contribution in [0, 0.1) is 0 Å². The number of hydrogen-bond donors (Lipinski definition) is 2. The van der Waals surface area contributed by atoms with Gasteiger partial charge in [0, 0.05) is 0 Å². The topological polar surface area (TPSA) is 136 Å². The monoisotopic (exact) mass is 722 g/mol. The van der Waals surface area contributed by atoms with Crippen molar-refractivity contribution in [3.05, 3.63) is 215 Å². The molecule has 0 bridgehead atoms. The third-order valence-corrected chi connectivity index (χ3v) is 7.85. The lowest BCUT2D eigenvalue weighted by atomic mass is 9.69. The van der Waals surface area contributed by atoms with Gasteiger partial charge in [-0.15, -0.1) is 0 Å². The van der Waals surface area contributed by atoms with Crippen molar-refractivity contribution in [1.82, 2.24) is 0 Å². The first-order valence-electron chi connectivity index (χ1n) is 18.0. The Morgan fingerprint density at radius 2 is 0.444 bits per heavy atom. The molecule has 0 aromatic heterocycles. The van der Waals surface area contributed by atoms with Crippen LogP contribution in [0.25, 0.3) is 0 Å². The molecule has 6 aromatic rings. The van der Waals surface area contributed by atoms with E-state index in [4.69, 9.17) is 0 Å². The number of quaternary nitrogens is 2. The Bertz CT molecular complexity index is 1620. The van der Waals surface area contributed by atoms with Crippen molar-refractivity contribution in [1.29, 1.82) is 0 Å². The van der Waals surface area contributed by atoms with Gasteiger partial charge in [-0.2, -0.15) is 0 Å². The highest BCUT2D eigenvalue weighted by atomic mass is 16.4. The Morgan fingerprint density at radius 1 is 0.333 bits per heavy atom. The first-order valence-corrected chi connectivity index (χ1v) is 18.0. The average molecular weight is 723 g/mol. The zero-order chi connectivity index (χ0) is 39.8. The van der Waals surface area contributed by atoms with Crippen molar-refractivity contribution in [3.63, 3.8) is 0 Å². The predicted molar refractivity (Wildman–Crippen MR) is 214 cm³/mol. The van der Waals surface area contributed by atoms with Gasteiger partial charge in [0.25, 0.3) is 0 Å². The van der Waals surface area contributed by atoms with Gasteiger partial charge in [0.15, 0.2) is 0 Å². The number of carbonyl (C=O) groups excluding carboxylic acids is 2. The largest absolute Gasteiger partial charge is 0.548 e. The van der Waals surface area contributed by atoms with Crippen molar-refractivity contribution in [2.45, 2.75) is 63.5 Å². The molecule has 0 fully saturated rings. The van der Waals surface area contributed by atoms with Crippen LogP contribution in [0.1, 0.15) is 74.9 Å². The highest BCUT2D eigenvalue weighted by Crippen LogP contribution is 2.40. The smallest absolute Gasteiger partial charge is 0.0860 e. The Balaban J connectivity index is 0.000000233. The molecular formula is C48H54N2O4. The Hall–Kier alpha value is -5.82. The number of carbonyl (C=O) groups is 2. The second-order valence-corrected chi connectivity index (χ2v) is 15.4. The lowest BCUT2D eigenvalue weighted by molar-refractivity contribution is -0.459. The van der Waals surface area contributed by atoms with Gasteiger partial charge < -0.3 is 31.3 Å². The molecule has 0 aliphatic rings. The summed E-state index contributed by atoms with van der Waals surface area (Å²) >= 11 is 0. The maximum absolute atomic E-state index is 12.3. The van der Waals surface area contributed by atoms with E-state index >= 15 is 0 Å². The van der Waals surface area contributed by atoms with Crippen molar-refractivity contribution >= 4 is 11.9 Å². The van der Waals surface area contributed by atoms with E-state index in [2.05, 4.69) is 53.0 Å². The molecular weight excluding hydrogens is 669 g/mol. The van der Waals surface area contributed by atoms with Crippen LogP contribution in [0.3, 0.4) is 0 Å². The minimum absolute atomic E-state index is 0.250. The molecule has 6 aromatic carbocycles. The van der Waals surface area contributed by atoms with E-state index in [9.17, 15) is 19.8 Å². The van der Waals surface area contributed by atoms with Gasteiger partial charge in [-0.3, -0.25) is 0 Å². The highest BCUT2D eigenvalue weighted by molar-refractivity contribution is 5.90. The van der Waals surface area contributed by atoms with Crippen LogP contribution < -0.4 is 21.7 Å². The maximum Gasteiger partial charge on any atom is 0.0860 e. The van der Waals surface area contributed by atoms with Gasteiger partial charge >= 0.3 is 0 Å². The zero-order valence-corrected chi connectivity index (χ0v) is 32.4. The normalized spacial score (nSPS) is 11.3. The molecule has 0 aliphatic carbocycles. The Kier molecular flexibility index (Phi) is 15.2. The van der Waals surface area contributed by atoms with E-state index < -0.39 is 22.8 Å². The molecule has 0 aliphatic heterocycles. The summed E-state index contributed by atoms with van der Waals surface area (Å²) in [5, 5.41) is 24.6. The van der Waals surface area contributed by atoms with Crippen LogP contribution in [0.15, 0.2) is 182 Å². The van der Waals surface area contributed by atoms with E-state index in [0.717, 1.165) is 0 Å². The second kappa shape index (κ2) is 19.3. The fourth-order valence-electron chi connectivity index (χ4n) is 5.84. The van der Waals surface area contributed by atoms with Crippen LogP contribution in [-0.2, 0) is 20.4 Å². The van der Waals surface area contributed by atoms with E-state index in [1.54, 1.807) is 0 Å². The van der Waals surface area contributed by atoms with Gasteiger partial charge in [-0.05, 0) is 74.9 Å². The summed E-state index contributed by atoms with van der Waals surface area (Å²) in [6.45, 7) is 12.5. The molecule has 54 heavy (non-hydrogen) atoms. The van der Waals surface area contributed by atoms with Crippen LogP contribution in [-0.4, -0.2) is 23.0 Å². The summed E-state index contributed by atoms with van der Waals surface area (Å²) < 4.78 is 0. The number of carboxylic acids is 2. The van der Waals surface area contributed by atoms with E-state index in [-0.39, 0.29) is 11.1 Å². The number of hydrogen-bond acceptors (Lipinski definition) is 4. The van der Waals surface area contributed by atoms with E-state index in [1.807, 2.05) is 182 Å². The number of carboxylic acid groups (broad SMARTS) is 2. The minimum Gasteiger partial charge on any atom is -0.548 e. The molecule has 0 spiro atoms. The third kappa shape index (κ3) is 11.6.